The number of carbonyl (C=O) groups excluding carboxylic acids is 2. The number of esters is 1. The van der Waals surface area contributed by atoms with E-state index in [-0.39, 0.29) is 39.7 Å². The lowest BCUT2D eigenvalue weighted by Crippen LogP contribution is -2.69. The third kappa shape index (κ3) is 3.27. The molecule has 0 aromatic rings. The fourth-order valence-corrected chi connectivity index (χ4v) is 11.7. The van der Waals surface area contributed by atoms with E-state index in [0.717, 1.165) is 25.2 Å². The van der Waals surface area contributed by atoms with Gasteiger partial charge in [0.25, 0.3) is 0 Å². The van der Waals surface area contributed by atoms with Gasteiger partial charge in [0.2, 0.25) is 0 Å². The van der Waals surface area contributed by atoms with E-state index in [9.17, 15) is 9.59 Å². The molecule has 35 heavy (non-hydrogen) atoms. The zero-order valence-electron chi connectivity index (χ0n) is 24.1. The van der Waals surface area contributed by atoms with Crippen molar-refractivity contribution >= 4 is 11.8 Å². The number of carbonyl (C=O) groups is 2. The summed E-state index contributed by atoms with van der Waals surface area (Å²) in [5.74, 6) is 3.47. The Morgan fingerprint density at radius 3 is 2.17 bits per heavy atom. The first-order valence-corrected chi connectivity index (χ1v) is 14.8. The smallest absolute Gasteiger partial charge is 0.302 e. The predicted molar refractivity (Wildman–Crippen MR) is 141 cm³/mol. The minimum absolute atomic E-state index is 0.00924. The number of hydrogen-bond donors (Lipinski definition) is 0. The van der Waals surface area contributed by atoms with Crippen LogP contribution in [0.5, 0.6) is 0 Å². The van der Waals surface area contributed by atoms with Gasteiger partial charge in [-0.3, -0.25) is 9.59 Å². The van der Waals surface area contributed by atoms with Crippen LogP contribution in [0.2, 0.25) is 0 Å². The number of ether oxygens (including phenoxy) is 1. The van der Waals surface area contributed by atoms with Crippen LogP contribution in [-0.2, 0) is 14.3 Å². The summed E-state index contributed by atoms with van der Waals surface area (Å²) < 4.78 is 5.87. The minimum Gasteiger partial charge on any atom is -0.462 e. The maximum absolute atomic E-state index is 14.4. The molecule has 0 heterocycles. The van der Waals surface area contributed by atoms with Gasteiger partial charge >= 0.3 is 5.97 Å². The van der Waals surface area contributed by atoms with Gasteiger partial charge in [-0.25, -0.2) is 0 Å². The highest BCUT2D eigenvalue weighted by Crippen LogP contribution is 2.76. The molecule has 5 saturated carbocycles. The highest BCUT2D eigenvalue weighted by molar-refractivity contribution is 5.84. The van der Waals surface area contributed by atoms with E-state index < -0.39 is 0 Å². The van der Waals surface area contributed by atoms with Crippen LogP contribution in [0, 0.1) is 62.6 Å². The van der Waals surface area contributed by atoms with Gasteiger partial charge in [0, 0.05) is 24.7 Å². The lowest BCUT2D eigenvalue weighted by Gasteiger charge is -2.73. The zero-order valence-corrected chi connectivity index (χ0v) is 24.1. The van der Waals surface area contributed by atoms with E-state index in [2.05, 4.69) is 55.4 Å². The highest BCUT2D eigenvalue weighted by Gasteiger charge is 2.72. The molecular weight excluding hydrogens is 432 g/mol. The van der Waals surface area contributed by atoms with Gasteiger partial charge in [0.05, 0.1) is 0 Å². The second-order valence-corrected chi connectivity index (χ2v) is 15.6. The summed E-state index contributed by atoms with van der Waals surface area (Å²) in [6.07, 6.45) is 10.3. The van der Waals surface area contributed by atoms with Crippen LogP contribution in [0.3, 0.4) is 0 Å². The Balaban J connectivity index is 1.54. The molecule has 5 fully saturated rings. The van der Waals surface area contributed by atoms with Crippen LogP contribution in [0.4, 0.5) is 0 Å². The van der Waals surface area contributed by atoms with Crippen LogP contribution in [-0.4, -0.2) is 17.9 Å². The van der Waals surface area contributed by atoms with Crippen LogP contribution in [0.1, 0.15) is 120 Å². The maximum atomic E-state index is 14.4. The lowest BCUT2D eigenvalue weighted by molar-refractivity contribution is -0.248. The third-order valence-corrected chi connectivity index (χ3v) is 14.1. The SMILES string of the molecule is CC(=O)O[C@H]1CC[C@]2(C)[C@H]3CC(=O)[C@@H]4[C@@H]5[C@@H](C)[C@H](C)CC[C@]5(C)CC[C@@]4(C)[C@]3(C)CC[C@H]2C1(C)C. The molecule has 198 valence electrons. The number of rotatable bonds is 1. The van der Waals surface area contributed by atoms with Crippen molar-refractivity contribution in [3.8, 4) is 0 Å². The van der Waals surface area contributed by atoms with E-state index in [1.807, 2.05) is 0 Å². The molecule has 0 bridgehead atoms. The molecule has 5 aliphatic rings. The van der Waals surface area contributed by atoms with Crippen molar-refractivity contribution in [3.05, 3.63) is 0 Å². The van der Waals surface area contributed by atoms with Crippen molar-refractivity contribution in [2.75, 3.05) is 0 Å². The van der Waals surface area contributed by atoms with Gasteiger partial charge in [-0.2, -0.15) is 0 Å². The molecule has 3 nitrogen and oxygen atoms in total. The summed E-state index contributed by atoms with van der Waals surface area (Å²) >= 11 is 0. The van der Waals surface area contributed by atoms with Crippen LogP contribution >= 0.6 is 0 Å². The summed E-state index contributed by atoms with van der Waals surface area (Å²) in [6.45, 7) is 21.3. The maximum Gasteiger partial charge on any atom is 0.302 e. The molecule has 0 aromatic heterocycles. The van der Waals surface area contributed by atoms with Gasteiger partial charge in [-0.15, -0.1) is 0 Å². The second kappa shape index (κ2) is 7.83. The Bertz CT molecular complexity index is 906. The quantitative estimate of drug-likeness (QED) is 0.356. The molecule has 0 saturated heterocycles. The van der Waals surface area contributed by atoms with E-state index >= 15 is 0 Å². The van der Waals surface area contributed by atoms with Crippen molar-refractivity contribution in [2.24, 2.45) is 62.6 Å². The van der Waals surface area contributed by atoms with E-state index in [1.165, 1.54) is 38.5 Å². The Hall–Kier alpha value is -0.860. The Morgan fingerprint density at radius 1 is 0.829 bits per heavy atom. The van der Waals surface area contributed by atoms with Crippen LogP contribution in [0.25, 0.3) is 0 Å². The zero-order chi connectivity index (χ0) is 25.8. The van der Waals surface area contributed by atoms with Gasteiger partial charge in [0.1, 0.15) is 11.9 Å². The average molecular weight is 485 g/mol. The Labute approximate surface area is 214 Å². The van der Waals surface area contributed by atoms with Crippen LogP contribution in [0.15, 0.2) is 0 Å². The summed E-state index contributed by atoms with van der Waals surface area (Å²) in [6, 6.07) is 0. The van der Waals surface area contributed by atoms with Crippen molar-refractivity contribution in [3.63, 3.8) is 0 Å². The first-order valence-electron chi connectivity index (χ1n) is 14.8. The monoisotopic (exact) mass is 484 g/mol. The van der Waals surface area contributed by atoms with E-state index in [1.54, 1.807) is 6.92 Å². The predicted octanol–water partition coefficient (Wildman–Crippen LogP) is 7.85. The Kier molecular flexibility index (Phi) is 5.76. The summed E-state index contributed by atoms with van der Waals surface area (Å²) in [7, 11) is 0. The molecular formula is C32H52O3. The topological polar surface area (TPSA) is 43.4 Å². The number of hydrogen-bond acceptors (Lipinski definition) is 3. The summed E-state index contributed by atoms with van der Waals surface area (Å²) in [5.41, 5.74) is 0.693. The Morgan fingerprint density at radius 2 is 1.51 bits per heavy atom. The molecule has 3 heteroatoms. The number of fused-ring (bicyclic) bond motifs is 7. The fourth-order valence-electron chi connectivity index (χ4n) is 11.7. The lowest BCUT2D eigenvalue weighted by atomic mass is 9.31. The number of ketones is 1. The van der Waals surface area contributed by atoms with Gasteiger partial charge in [-0.05, 0) is 103 Å². The molecule has 11 atom stereocenters. The minimum atomic E-state index is -0.156. The van der Waals surface area contributed by atoms with Crippen molar-refractivity contribution in [1.29, 1.82) is 0 Å². The third-order valence-electron chi connectivity index (χ3n) is 14.1. The molecule has 0 aromatic carbocycles. The average Bonchev–Trinajstić information content (AvgIpc) is 2.76. The second-order valence-electron chi connectivity index (χ2n) is 15.6. The molecule has 0 amide bonds. The van der Waals surface area contributed by atoms with Crippen molar-refractivity contribution in [2.45, 2.75) is 126 Å². The van der Waals surface area contributed by atoms with Crippen molar-refractivity contribution < 1.29 is 14.3 Å². The first-order chi connectivity index (χ1) is 16.1. The van der Waals surface area contributed by atoms with E-state index in [0.29, 0.717) is 34.9 Å². The van der Waals surface area contributed by atoms with Gasteiger partial charge in [-0.1, -0.05) is 55.4 Å². The fraction of sp³-hybridized carbons (Fsp3) is 0.938. The first kappa shape index (κ1) is 25.8. The highest BCUT2D eigenvalue weighted by atomic mass is 16.5. The summed E-state index contributed by atoms with van der Waals surface area (Å²) in [5, 5.41) is 0. The van der Waals surface area contributed by atoms with Gasteiger partial charge < -0.3 is 4.74 Å². The summed E-state index contributed by atoms with van der Waals surface area (Å²) in [4.78, 5) is 26.3. The molecule has 5 aliphatic carbocycles. The molecule has 5 rings (SSSR count). The normalized spacial score (nSPS) is 55.1. The van der Waals surface area contributed by atoms with Gasteiger partial charge in [0.15, 0.2) is 0 Å². The van der Waals surface area contributed by atoms with Crippen molar-refractivity contribution in [1.82, 2.24) is 0 Å². The molecule has 0 unspecified atom stereocenters. The molecule has 0 spiro atoms. The standard InChI is InChI=1S/C32H52O3/c1-19-10-13-29(6)16-17-32(9)27(26(29)20(19)2)22(34)18-24-30(7)14-12-25(35-21(3)33)28(4,5)23(30)11-15-31(24,32)8/h19-20,23-27H,10-18H2,1-9H3/t19-,20+,23+,24-,25+,26+,27-,29-,30+,31-,32-/m1/s1. The molecule has 0 N–H and O–H groups in total. The number of Topliss-reactive ketones (excluding diaryl/α,β-unsaturated/α-hetero) is 1. The molecule has 0 radical (unpaired) electrons. The van der Waals surface area contributed by atoms with Crippen LogP contribution < -0.4 is 0 Å². The van der Waals surface area contributed by atoms with E-state index in [4.69, 9.17) is 4.74 Å². The largest absolute Gasteiger partial charge is 0.462 e. The molecule has 0 aliphatic heterocycles.